The molecule has 0 atom stereocenters. The zero-order chi connectivity index (χ0) is 13.7. The van der Waals surface area contributed by atoms with Crippen LogP contribution in [0.15, 0.2) is 47.4 Å². The van der Waals surface area contributed by atoms with E-state index in [1.807, 2.05) is 19.2 Å². The molecular weight excluding hydrogens is 281 g/mol. The Labute approximate surface area is 122 Å². The number of halogens is 2. The highest BCUT2D eigenvalue weighted by molar-refractivity contribution is 7.98. The van der Waals surface area contributed by atoms with E-state index in [4.69, 9.17) is 11.6 Å². The third-order valence-corrected chi connectivity index (χ3v) is 4.17. The molecule has 4 heteroatoms. The van der Waals surface area contributed by atoms with Crippen LogP contribution in [0.4, 0.5) is 4.39 Å². The molecule has 0 unspecified atom stereocenters. The summed E-state index contributed by atoms with van der Waals surface area (Å²) < 4.78 is 13.3. The van der Waals surface area contributed by atoms with Crippen LogP contribution in [-0.4, -0.2) is 7.05 Å². The number of nitrogens with one attached hydrogen (secondary N) is 1. The molecule has 1 nitrogen and oxygen atoms in total. The second kappa shape index (κ2) is 6.94. The van der Waals surface area contributed by atoms with Crippen LogP contribution < -0.4 is 5.32 Å². The fourth-order valence-electron chi connectivity index (χ4n) is 1.77. The molecule has 0 aliphatic carbocycles. The number of rotatable bonds is 5. The Hall–Kier alpha value is -1.03. The van der Waals surface area contributed by atoms with Gasteiger partial charge in [-0.1, -0.05) is 35.9 Å². The van der Waals surface area contributed by atoms with Gasteiger partial charge in [-0.15, -0.1) is 11.8 Å². The second-order valence-electron chi connectivity index (χ2n) is 4.18. The molecule has 0 radical (unpaired) electrons. The Morgan fingerprint density at radius 1 is 1.21 bits per heavy atom. The van der Waals surface area contributed by atoms with Crippen LogP contribution in [0.2, 0.25) is 5.02 Å². The Bertz CT molecular complexity index is 560. The average Bonchev–Trinajstić information content (AvgIpc) is 2.41. The minimum Gasteiger partial charge on any atom is -0.316 e. The molecule has 0 bridgehead atoms. The van der Waals surface area contributed by atoms with Crippen molar-refractivity contribution in [1.82, 2.24) is 5.32 Å². The highest BCUT2D eigenvalue weighted by Gasteiger charge is 2.06. The molecule has 0 heterocycles. The summed E-state index contributed by atoms with van der Waals surface area (Å²) in [4.78, 5) is 1.16. The third kappa shape index (κ3) is 3.96. The largest absolute Gasteiger partial charge is 0.316 e. The fourth-order valence-corrected chi connectivity index (χ4v) is 3.01. The maximum absolute atomic E-state index is 13.3. The molecule has 0 saturated heterocycles. The molecule has 0 aliphatic heterocycles. The molecule has 0 spiro atoms. The molecule has 100 valence electrons. The molecular formula is C15H15ClFNS. The molecule has 0 saturated carbocycles. The van der Waals surface area contributed by atoms with E-state index in [2.05, 4.69) is 23.5 Å². The number of hydrogen-bond donors (Lipinski definition) is 1. The standard InChI is InChI=1S/C15H15ClFNS/c1-18-9-11-4-2-6-13(8-11)19-10-12-5-3-7-14(17)15(12)16/h2-8,18H,9-10H2,1H3. The van der Waals surface area contributed by atoms with Crippen LogP contribution in [0.1, 0.15) is 11.1 Å². The van der Waals surface area contributed by atoms with Crippen molar-refractivity contribution in [2.45, 2.75) is 17.2 Å². The van der Waals surface area contributed by atoms with Gasteiger partial charge in [0.05, 0.1) is 5.02 Å². The summed E-state index contributed by atoms with van der Waals surface area (Å²) in [5, 5.41) is 3.35. The molecule has 0 aliphatic rings. The minimum atomic E-state index is -0.358. The summed E-state index contributed by atoms with van der Waals surface area (Å²) in [6.45, 7) is 0.842. The average molecular weight is 296 g/mol. The first kappa shape index (κ1) is 14.4. The zero-order valence-corrected chi connectivity index (χ0v) is 12.2. The topological polar surface area (TPSA) is 12.0 Å². The van der Waals surface area contributed by atoms with Crippen molar-refractivity contribution in [3.63, 3.8) is 0 Å². The first-order valence-corrected chi connectivity index (χ1v) is 7.36. The van der Waals surface area contributed by atoms with Crippen molar-refractivity contribution >= 4 is 23.4 Å². The van der Waals surface area contributed by atoms with E-state index < -0.39 is 0 Å². The molecule has 2 aromatic rings. The van der Waals surface area contributed by atoms with Gasteiger partial charge in [-0.05, 0) is 36.4 Å². The van der Waals surface area contributed by atoms with Crippen molar-refractivity contribution in [2.75, 3.05) is 7.05 Å². The van der Waals surface area contributed by atoms with Crippen molar-refractivity contribution < 1.29 is 4.39 Å². The van der Waals surface area contributed by atoms with Crippen LogP contribution in [-0.2, 0) is 12.3 Å². The van der Waals surface area contributed by atoms with Crippen molar-refractivity contribution in [3.05, 3.63) is 64.4 Å². The number of benzene rings is 2. The summed E-state index contributed by atoms with van der Waals surface area (Å²) in [5.41, 5.74) is 2.06. The van der Waals surface area contributed by atoms with Gasteiger partial charge in [0.25, 0.3) is 0 Å². The first-order chi connectivity index (χ1) is 9.20. The predicted molar refractivity (Wildman–Crippen MR) is 80.2 cm³/mol. The lowest BCUT2D eigenvalue weighted by Gasteiger charge is -2.07. The summed E-state index contributed by atoms with van der Waals surface area (Å²) in [6.07, 6.45) is 0. The summed E-state index contributed by atoms with van der Waals surface area (Å²) >= 11 is 7.60. The van der Waals surface area contributed by atoms with E-state index in [1.54, 1.807) is 17.8 Å². The van der Waals surface area contributed by atoms with Crippen LogP contribution in [0, 0.1) is 5.82 Å². The van der Waals surface area contributed by atoms with E-state index in [9.17, 15) is 4.39 Å². The van der Waals surface area contributed by atoms with Crippen molar-refractivity contribution in [1.29, 1.82) is 0 Å². The molecule has 1 N–H and O–H groups in total. The maximum Gasteiger partial charge on any atom is 0.142 e. The SMILES string of the molecule is CNCc1cccc(SCc2cccc(F)c2Cl)c1. The third-order valence-electron chi connectivity index (χ3n) is 2.71. The van der Waals surface area contributed by atoms with Crippen LogP contribution in [0.5, 0.6) is 0 Å². The van der Waals surface area contributed by atoms with Gasteiger partial charge in [-0.25, -0.2) is 4.39 Å². The molecule has 19 heavy (non-hydrogen) atoms. The fraction of sp³-hybridized carbons (Fsp3) is 0.200. The second-order valence-corrected chi connectivity index (χ2v) is 5.61. The number of thioether (sulfide) groups is 1. The summed E-state index contributed by atoms with van der Waals surface area (Å²) in [6, 6.07) is 13.2. The highest BCUT2D eigenvalue weighted by Crippen LogP contribution is 2.28. The maximum atomic E-state index is 13.3. The summed E-state index contributed by atoms with van der Waals surface area (Å²) in [7, 11) is 1.92. The van der Waals surface area contributed by atoms with Gasteiger partial charge in [0, 0.05) is 17.2 Å². The Balaban J connectivity index is 2.06. The molecule has 2 aromatic carbocycles. The Kier molecular flexibility index (Phi) is 5.25. The highest BCUT2D eigenvalue weighted by atomic mass is 35.5. The van der Waals surface area contributed by atoms with Gasteiger partial charge >= 0.3 is 0 Å². The zero-order valence-electron chi connectivity index (χ0n) is 10.6. The molecule has 0 amide bonds. The summed E-state index contributed by atoms with van der Waals surface area (Å²) in [5.74, 6) is 0.309. The lowest BCUT2D eigenvalue weighted by atomic mass is 10.2. The quantitative estimate of drug-likeness (QED) is 0.816. The normalized spacial score (nSPS) is 10.7. The molecule has 2 rings (SSSR count). The first-order valence-electron chi connectivity index (χ1n) is 6.00. The van der Waals surface area contributed by atoms with Gasteiger partial charge in [-0.2, -0.15) is 0 Å². The Morgan fingerprint density at radius 2 is 2.00 bits per heavy atom. The number of hydrogen-bond acceptors (Lipinski definition) is 2. The van der Waals surface area contributed by atoms with Gasteiger partial charge in [0.1, 0.15) is 5.82 Å². The van der Waals surface area contributed by atoms with E-state index in [1.165, 1.54) is 11.6 Å². The molecule has 0 fully saturated rings. The lowest BCUT2D eigenvalue weighted by molar-refractivity contribution is 0.627. The van der Waals surface area contributed by atoms with Gasteiger partial charge in [0.15, 0.2) is 0 Å². The monoisotopic (exact) mass is 295 g/mol. The molecule has 0 aromatic heterocycles. The van der Waals surface area contributed by atoms with E-state index in [0.29, 0.717) is 5.75 Å². The Morgan fingerprint density at radius 3 is 2.79 bits per heavy atom. The van der Waals surface area contributed by atoms with Gasteiger partial charge < -0.3 is 5.32 Å². The van der Waals surface area contributed by atoms with Crippen LogP contribution >= 0.6 is 23.4 Å². The van der Waals surface area contributed by atoms with Crippen molar-refractivity contribution in [2.24, 2.45) is 0 Å². The van der Waals surface area contributed by atoms with Gasteiger partial charge in [-0.3, -0.25) is 0 Å². The van der Waals surface area contributed by atoms with E-state index in [-0.39, 0.29) is 10.8 Å². The minimum absolute atomic E-state index is 0.223. The van der Waals surface area contributed by atoms with E-state index in [0.717, 1.165) is 17.0 Å². The predicted octanol–water partition coefficient (Wildman–Crippen LogP) is 4.49. The van der Waals surface area contributed by atoms with Crippen LogP contribution in [0.3, 0.4) is 0 Å². The van der Waals surface area contributed by atoms with E-state index >= 15 is 0 Å². The lowest BCUT2D eigenvalue weighted by Crippen LogP contribution is -2.04. The van der Waals surface area contributed by atoms with Crippen LogP contribution in [0.25, 0.3) is 0 Å². The smallest absolute Gasteiger partial charge is 0.142 e. The van der Waals surface area contributed by atoms with Crippen molar-refractivity contribution in [3.8, 4) is 0 Å². The van der Waals surface area contributed by atoms with Gasteiger partial charge in [0.2, 0.25) is 0 Å².